The molecule has 0 fully saturated rings. The second-order valence-corrected chi connectivity index (χ2v) is 7.35. The average Bonchev–Trinajstić information content (AvgIpc) is 3.14. The Morgan fingerprint density at radius 3 is 2.71 bits per heavy atom. The molecule has 0 aliphatic heterocycles. The number of fused-ring (bicyclic) bond motifs is 1. The highest BCUT2D eigenvalue weighted by Crippen LogP contribution is 2.29. The summed E-state index contributed by atoms with van der Waals surface area (Å²) in [5, 5.41) is 18.8. The average molecular weight is 347 g/mol. The summed E-state index contributed by atoms with van der Waals surface area (Å²) in [6, 6.07) is 3.65. The van der Waals surface area contributed by atoms with E-state index in [1.54, 1.807) is 24.6 Å². The van der Waals surface area contributed by atoms with Crippen LogP contribution in [0.25, 0.3) is 10.2 Å². The Balaban J connectivity index is 1.76. The number of thiophene rings is 1. The third kappa shape index (κ3) is 2.85. The number of nitrogens with zero attached hydrogens (tertiary/aromatic N) is 2. The molecule has 0 spiro atoms. The number of hydrogen-bond acceptors (Lipinski definition) is 5. The van der Waals surface area contributed by atoms with E-state index < -0.39 is 5.60 Å². The first kappa shape index (κ1) is 16.7. The molecule has 0 bridgehead atoms. The highest BCUT2D eigenvalue weighted by molar-refractivity contribution is 7.20. The number of aryl methyl sites for hydroxylation is 4. The van der Waals surface area contributed by atoms with Crippen LogP contribution in [0.15, 0.2) is 16.5 Å². The van der Waals surface area contributed by atoms with Gasteiger partial charge in [0.15, 0.2) is 0 Å². The molecule has 3 heterocycles. The predicted octanol–water partition coefficient (Wildman–Crippen LogP) is 2.79. The molecule has 0 saturated heterocycles. The summed E-state index contributed by atoms with van der Waals surface area (Å²) in [6.07, 6.45) is 0. The molecule has 0 aliphatic rings. The lowest BCUT2D eigenvalue weighted by atomic mass is 9.96. The van der Waals surface area contributed by atoms with Crippen LogP contribution >= 0.6 is 11.3 Å². The number of hydrogen-bond donors (Lipinski definition) is 2. The minimum absolute atomic E-state index is 0.108. The maximum atomic E-state index is 12.4. The number of aromatic nitrogens is 2. The van der Waals surface area contributed by atoms with E-state index in [4.69, 9.17) is 4.42 Å². The molecule has 3 rings (SSSR count). The summed E-state index contributed by atoms with van der Waals surface area (Å²) < 4.78 is 7.25. The van der Waals surface area contributed by atoms with Gasteiger partial charge in [-0.3, -0.25) is 9.48 Å². The first-order valence-corrected chi connectivity index (χ1v) is 8.52. The zero-order valence-corrected chi connectivity index (χ0v) is 15.2. The lowest BCUT2D eigenvalue weighted by molar-refractivity contribution is 0.0515. The molecule has 0 aliphatic carbocycles. The summed E-state index contributed by atoms with van der Waals surface area (Å²) in [7, 11) is 1.86. The van der Waals surface area contributed by atoms with Crippen molar-refractivity contribution < 1.29 is 14.3 Å². The van der Waals surface area contributed by atoms with Crippen molar-refractivity contribution in [2.75, 3.05) is 6.54 Å². The fourth-order valence-electron chi connectivity index (χ4n) is 2.92. The Hall–Kier alpha value is -2.12. The topological polar surface area (TPSA) is 80.3 Å². The molecule has 0 saturated carbocycles. The van der Waals surface area contributed by atoms with Crippen molar-refractivity contribution in [3.05, 3.63) is 39.8 Å². The number of nitrogens with one attached hydrogen (secondary N) is 1. The van der Waals surface area contributed by atoms with Gasteiger partial charge in [-0.1, -0.05) is 0 Å². The van der Waals surface area contributed by atoms with E-state index in [1.807, 2.05) is 27.0 Å². The molecule has 3 aromatic heterocycles. The van der Waals surface area contributed by atoms with Gasteiger partial charge in [-0.15, -0.1) is 11.3 Å². The Kier molecular flexibility index (Phi) is 4.01. The van der Waals surface area contributed by atoms with Crippen LogP contribution < -0.4 is 5.32 Å². The van der Waals surface area contributed by atoms with Gasteiger partial charge >= 0.3 is 0 Å². The third-order valence-electron chi connectivity index (χ3n) is 4.13. The van der Waals surface area contributed by atoms with Crippen molar-refractivity contribution in [1.29, 1.82) is 0 Å². The quantitative estimate of drug-likeness (QED) is 0.760. The SMILES string of the molecule is Cc1cc([C@@](C)(O)CNC(=O)c2cc3c(C)nn(C)c3s2)c(C)o1. The molecule has 2 N–H and O–H groups in total. The van der Waals surface area contributed by atoms with Crippen molar-refractivity contribution in [2.24, 2.45) is 7.05 Å². The van der Waals surface area contributed by atoms with Crippen molar-refractivity contribution in [1.82, 2.24) is 15.1 Å². The normalized spacial score (nSPS) is 14.1. The van der Waals surface area contributed by atoms with Gasteiger partial charge in [0.05, 0.1) is 17.1 Å². The molecular formula is C17H21N3O3S. The second-order valence-electron chi connectivity index (χ2n) is 6.32. The van der Waals surface area contributed by atoms with Gasteiger partial charge in [0.1, 0.15) is 22.0 Å². The van der Waals surface area contributed by atoms with E-state index in [1.165, 1.54) is 11.3 Å². The smallest absolute Gasteiger partial charge is 0.261 e. The predicted molar refractivity (Wildman–Crippen MR) is 93.4 cm³/mol. The Bertz CT molecular complexity index is 883. The van der Waals surface area contributed by atoms with Gasteiger partial charge in [0.25, 0.3) is 5.91 Å². The molecule has 0 aromatic carbocycles. The molecule has 3 aromatic rings. The van der Waals surface area contributed by atoms with E-state index in [0.29, 0.717) is 16.2 Å². The first-order chi connectivity index (χ1) is 11.2. The van der Waals surface area contributed by atoms with E-state index in [2.05, 4.69) is 10.4 Å². The Labute approximate surface area is 144 Å². The minimum atomic E-state index is -1.19. The number of aliphatic hydroxyl groups is 1. The lowest BCUT2D eigenvalue weighted by Gasteiger charge is -2.23. The lowest BCUT2D eigenvalue weighted by Crippen LogP contribution is -2.38. The van der Waals surface area contributed by atoms with Gasteiger partial charge < -0.3 is 14.8 Å². The van der Waals surface area contributed by atoms with Gasteiger partial charge in [-0.25, -0.2) is 0 Å². The Morgan fingerprint density at radius 2 is 2.12 bits per heavy atom. The van der Waals surface area contributed by atoms with E-state index in [9.17, 15) is 9.90 Å². The number of amides is 1. The largest absolute Gasteiger partial charge is 0.466 e. The van der Waals surface area contributed by atoms with Gasteiger partial charge in [0.2, 0.25) is 0 Å². The third-order valence-corrected chi connectivity index (χ3v) is 5.33. The maximum Gasteiger partial charge on any atom is 0.261 e. The number of rotatable bonds is 4. The molecule has 6 nitrogen and oxygen atoms in total. The second kappa shape index (κ2) is 5.75. The van der Waals surface area contributed by atoms with Gasteiger partial charge in [0, 0.05) is 18.0 Å². The van der Waals surface area contributed by atoms with Crippen molar-refractivity contribution in [2.45, 2.75) is 33.3 Å². The van der Waals surface area contributed by atoms with E-state index >= 15 is 0 Å². The summed E-state index contributed by atoms with van der Waals surface area (Å²) in [4.78, 5) is 14.0. The molecule has 128 valence electrons. The molecular weight excluding hydrogens is 326 g/mol. The van der Waals surface area contributed by atoms with Crippen LogP contribution in [-0.2, 0) is 12.6 Å². The van der Waals surface area contributed by atoms with Crippen molar-refractivity contribution in [3.63, 3.8) is 0 Å². The molecule has 0 radical (unpaired) electrons. The van der Waals surface area contributed by atoms with Crippen LogP contribution in [0, 0.1) is 20.8 Å². The van der Waals surface area contributed by atoms with Crippen LogP contribution in [0.3, 0.4) is 0 Å². The van der Waals surface area contributed by atoms with Crippen LogP contribution in [0.4, 0.5) is 0 Å². The summed E-state index contributed by atoms with van der Waals surface area (Å²) in [5.41, 5.74) is 0.405. The highest BCUT2D eigenvalue weighted by atomic mass is 32.1. The van der Waals surface area contributed by atoms with Crippen LogP contribution in [-0.4, -0.2) is 27.3 Å². The van der Waals surface area contributed by atoms with E-state index in [0.717, 1.165) is 21.7 Å². The van der Waals surface area contributed by atoms with Crippen LogP contribution in [0.1, 0.15) is 39.4 Å². The molecule has 1 atom stereocenters. The molecule has 24 heavy (non-hydrogen) atoms. The van der Waals surface area contributed by atoms with Gasteiger partial charge in [-0.05, 0) is 39.8 Å². The van der Waals surface area contributed by atoms with Gasteiger partial charge in [-0.2, -0.15) is 5.10 Å². The monoisotopic (exact) mass is 347 g/mol. The van der Waals surface area contributed by atoms with E-state index in [-0.39, 0.29) is 12.5 Å². The molecule has 7 heteroatoms. The Morgan fingerprint density at radius 1 is 1.42 bits per heavy atom. The van der Waals surface area contributed by atoms with Crippen LogP contribution in [0.2, 0.25) is 0 Å². The zero-order chi connectivity index (χ0) is 17.6. The fourth-order valence-corrected chi connectivity index (χ4v) is 3.96. The number of carbonyl (C=O) groups excluding carboxylic acids is 1. The number of furan rings is 1. The minimum Gasteiger partial charge on any atom is -0.466 e. The summed E-state index contributed by atoms with van der Waals surface area (Å²) in [6.45, 7) is 7.34. The molecule has 0 unspecified atom stereocenters. The van der Waals surface area contributed by atoms with Crippen molar-refractivity contribution in [3.8, 4) is 0 Å². The first-order valence-electron chi connectivity index (χ1n) is 7.70. The van der Waals surface area contributed by atoms with Crippen LogP contribution in [0.5, 0.6) is 0 Å². The highest BCUT2D eigenvalue weighted by Gasteiger charge is 2.28. The number of carbonyl (C=O) groups is 1. The fraction of sp³-hybridized carbons (Fsp3) is 0.412. The maximum absolute atomic E-state index is 12.4. The molecule has 1 amide bonds. The zero-order valence-electron chi connectivity index (χ0n) is 14.4. The summed E-state index contributed by atoms with van der Waals surface area (Å²) >= 11 is 1.39. The standard InChI is InChI=1S/C17H21N3O3S/c1-9-6-13(11(3)23-9)17(4,22)8-18-15(21)14-7-12-10(2)19-20(5)16(12)24-14/h6-7,22H,8H2,1-5H3,(H,18,21)/t17-/m0/s1. The van der Waals surface area contributed by atoms with Crippen molar-refractivity contribution >= 4 is 27.5 Å². The summed E-state index contributed by atoms with van der Waals surface area (Å²) in [5.74, 6) is 1.20.